The maximum absolute atomic E-state index is 12.6. The van der Waals surface area contributed by atoms with Gasteiger partial charge in [0.1, 0.15) is 0 Å². The van der Waals surface area contributed by atoms with Crippen molar-refractivity contribution in [2.45, 2.75) is 0 Å². The molecule has 1 heterocycles. The van der Waals surface area contributed by atoms with E-state index < -0.39 is 0 Å². The summed E-state index contributed by atoms with van der Waals surface area (Å²) in [6, 6.07) is 12.5. The number of para-hydroxylation sites is 2. The van der Waals surface area contributed by atoms with Crippen molar-refractivity contribution < 1.29 is 14.3 Å². The van der Waals surface area contributed by atoms with E-state index in [0.717, 1.165) is 10.2 Å². The van der Waals surface area contributed by atoms with Gasteiger partial charge in [0.2, 0.25) is 0 Å². The third kappa shape index (κ3) is 3.66. The van der Waals surface area contributed by atoms with Crippen molar-refractivity contribution in [3.05, 3.63) is 64.9 Å². The number of halogens is 1. The van der Waals surface area contributed by atoms with Gasteiger partial charge >= 0.3 is 0 Å². The standard InChI is InChI=1S/C18H16BrN3O3/c1-24-16-8-7-12(9-17(16)25-2)18(23)21-14-5-3-4-6-15(14)22-11-13(19)10-20-22/h3-11H,1-2H3,(H,21,23). The molecule has 0 bridgehead atoms. The van der Waals surface area contributed by atoms with E-state index in [1.165, 1.54) is 7.11 Å². The van der Waals surface area contributed by atoms with Crippen LogP contribution in [0.1, 0.15) is 10.4 Å². The van der Waals surface area contributed by atoms with Crippen molar-refractivity contribution in [2.24, 2.45) is 0 Å². The monoisotopic (exact) mass is 401 g/mol. The summed E-state index contributed by atoms with van der Waals surface area (Å²) in [6.07, 6.45) is 3.51. The van der Waals surface area contributed by atoms with Crippen molar-refractivity contribution in [1.82, 2.24) is 9.78 Å². The molecule has 2 aromatic carbocycles. The minimum atomic E-state index is -0.250. The molecule has 1 N–H and O–H groups in total. The fraction of sp³-hybridized carbons (Fsp3) is 0.111. The van der Waals surface area contributed by atoms with Gasteiger partial charge in [-0.25, -0.2) is 4.68 Å². The SMILES string of the molecule is COc1ccc(C(=O)Nc2ccccc2-n2cc(Br)cn2)cc1OC. The van der Waals surface area contributed by atoms with Crippen LogP contribution in [0.3, 0.4) is 0 Å². The Bertz CT molecular complexity index is 908. The van der Waals surface area contributed by atoms with Crippen LogP contribution in [-0.4, -0.2) is 29.9 Å². The summed E-state index contributed by atoms with van der Waals surface area (Å²) in [5.74, 6) is 0.819. The first-order chi connectivity index (χ1) is 12.1. The lowest BCUT2D eigenvalue weighted by atomic mass is 10.1. The molecule has 1 aromatic heterocycles. The predicted molar refractivity (Wildman–Crippen MR) is 98.8 cm³/mol. The van der Waals surface area contributed by atoms with Crippen LogP contribution >= 0.6 is 15.9 Å². The molecule has 7 heteroatoms. The van der Waals surface area contributed by atoms with Crippen molar-refractivity contribution >= 4 is 27.5 Å². The number of nitrogens with zero attached hydrogens (tertiary/aromatic N) is 2. The van der Waals surface area contributed by atoms with E-state index in [4.69, 9.17) is 9.47 Å². The number of ether oxygens (including phenoxy) is 2. The highest BCUT2D eigenvalue weighted by Gasteiger charge is 2.13. The van der Waals surface area contributed by atoms with E-state index in [-0.39, 0.29) is 5.91 Å². The number of hydrogen-bond acceptors (Lipinski definition) is 4. The third-order valence-electron chi connectivity index (χ3n) is 3.60. The lowest BCUT2D eigenvalue weighted by Crippen LogP contribution is -2.14. The Morgan fingerprint density at radius 2 is 1.88 bits per heavy atom. The first-order valence-corrected chi connectivity index (χ1v) is 8.24. The van der Waals surface area contributed by atoms with Crippen molar-refractivity contribution in [1.29, 1.82) is 0 Å². The second-order valence-corrected chi connectivity index (χ2v) is 6.06. The van der Waals surface area contributed by atoms with E-state index in [2.05, 4.69) is 26.3 Å². The summed E-state index contributed by atoms with van der Waals surface area (Å²) in [7, 11) is 3.08. The topological polar surface area (TPSA) is 65.4 Å². The van der Waals surface area contributed by atoms with E-state index in [1.807, 2.05) is 30.5 Å². The first kappa shape index (κ1) is 17.0. The van der Waals surface area contributed by atoms with Gasteiger partial charge in [-0.1, -0.05) is 12.1 Å². The average molecular weight is 402 g/mol. The second-order valence-electron chi connectivity index (χ2n) is 5.14. The molecule has 0 aliphatic heterocycles. The van der Waals surface area contributed by atoms with Gasteiger partial charge in [0.05, 0.1) is 36.3 Å². The molecule has 0 saturated heterocycles. The lowest BCUT2D eigenvalue weighted by Gasteiger charge is -2.12. The Balaban J connectivity index is 1.89. The molecular weight excluding hydrogens is 386 g/mol. The van der Waals surface area contributed by atoms with Crippen LogP contribution in [0.2, 0.25) is 0 Å². The molecule has 3 aromatic rings. The fourth-order valence-corrected chi connectivity index (χ4v) is 2.67. The van der Waals surface area contributed by atoms with Gasteiger partial charge in [0.25, 0.3) is 5.91 Å². The van der Waals surface area contributed by atoms with Crippen LogP contribution in [0.15, 0.2) is 59.3 Å². The van der Waals surface area contributed by atoms with Crippen LogP contribution in [0, 0.1) is 0 Å². The molecule has 128 valence electrons. The van der Waals surface area contributed by atoms with Gasteiger partial charge < -0.3 is 14.8 Å². The Labute approximate surface area is 153 Å². The number of rotatable bonds is 5. The number of anilines is 1. The number of methoxy groups -OCH3 is 2. The summed E-state index contributed by atoms with van der Waals surface area (Å²) in [4.78, 5) is 12.6. The van der Waals surface area contributed by atoms with Crippen LogP contribution in [0.25, 0.3) is 5.69 Å². The zero-order valence-corrected chi connectivity index (χ0v) is 15.3. The zero-order chi connectivity index (χ0) is 17.8. The van der Waals surface area contributed by atoms with Gasteiger partial charge in [-0.3, -0.25) is 4.79 Å². The number of aromatic nitrogens is 2. The Kier molecular flexibility index (Phi) is 5.04. The normalized spacial score (nSPS) is 10.4. The average Bonchev–Trinajstić information content (AvgIpc) is 3.07. The number of carbonyl (C=O) groups is 1. The molecule has 0 fully saturated rings. The van der Waals surface area contributed by atoms with Gasteiger partial charge in [-0.05, 0) is 46.3 Å². The van der Waals surface area contributed by atoms with Gasteiger partial charge in [0, 0.05) is 11.8 Å². The Morgan fingerprint density at radius 1 is 1.12 bits per heavy atom. The maximum Gasteiger partial charge on any atom is 0.255 e. The highest BCUT2D eigenvalue weighted by Crippen LogP contribution is 2.28. The number of carbonyl (C=O) groups excluding carboxylic acids is 1. The molecule has 1 amide bonds. The zero-order valence-electron chi connectivity index (χ0n) is 13.7. The van der Waals surface area contributed by atoms with Crippen molar-refractivity contribution in [3.8, 4) is 17.2 Å². The fourth-order valence-electron chi connectivity index (χ4n) is 2.38. The van der Waals surface area contributed by atoms with Crippen LogP contribution in [-0.2, 0) is 0 Å². The number of amides is 1. The molecule has 25 heavy (non-hydrogen) atoms. The van der Waals surface area contributed by atoms with E-state index in [0.29, 0.717) is 22.7 Å². The molecule has 0 aliphatic carbocycles. The van der Waals surface area contributed by atoms with E-state index >= 15 is 0 Å². The quantitative estimate of drug-likeness (QED) is 0.703. The summed E-state index contributed by atoms with van der Waals surface area (Å²) in [5.41, 5.74) is 1.88. The minimum absolute atomic E-state index is 0.250. The summed E-state index contributed by atoms with van der Waals surface area (Å²) in [5, 5.41) is 7.17. The molecule has 0 spiro atoms. The highest BCUT2D eigenvalue weighted by atomic mass is 79.9. The van der Waals surface area contributed by atoms with Gasteiger partial charge in [-0.15, -0.1) is 0 Å². The third-order valence-corrected chi connectivity index (χ3v) is 4.01. The molecule has 0 aliphatic rings. The molecule has 0 saturated carbocycles. The van der Waals surface area contributed by atoms with E-state index in [1.54, 1.807) is 36.2 Å². The number of hydrogen-bond donors (Lipinski definition) is 1. The smallest absolute Gasteiger partial charge is 0.255 e. The highest BCUT2D eigenvalue weighted by molar-refractivity contribution is 9.10. The molecule has 0 radical (unpaired) electrons. The van der Waals surface area contributed by atoms with Crippen molar-refractivity contribution in [2.75, 3.05) is 19.5 Å². The van der Waals surface area contributed by atoms with Crippen molar-refractivity contribution in [3.63, 3.8) is 0 Å². The predicted octanol–water partition coefficient (Wildman–Crippen LogP) is 3.90. The van der Waals surface area contributed by atoms with Gasteiger partial charge in [0.15, 0.2) is 11.5 Å². The van der Waals surface area contributed by atoms with E-state index in [9.17, 15) is 4.79 Å². The Hall–Kier alpha value is -2.80. The summed E-state index contributed by atoms with van der Waals surface area (Å²) in [6.45, 7) is 0. The first-order valence-electron chi connectivity index (χ1n) is 7.45. The summed E-state index contributed by atoms with van der Waals surface area (Å²) < 4.78 is 13.0. The molecule has 3 rings (SSSR count). The number of benzene rings is 2. The van der Waals surface area contributed by atoms with Crippen LogP contribution in [0.4, 0.5) is 5.69 Å². The van der Waals surface area contributed by atoms with Crippen LogP contribution < -0.4 is 14.8 Å². The van der Waals surface area contributed by atoms with Crippen LogP contribution in [0.5, 0.6) is 11.5 Å². The maximum atomic E-state index is 12.6. The van der Waals surface area contributed by atoms with Gasteiger partial charge in [-0.2, -0.15) is 5.10 Å². The molecule has 0 atom stereocenters. The Morgan fingerprint density at radius 3 is 2.56 bits per heavy atom. The number of nitrogens with one attached hydrogen (secondary N) is 1. The molecular formula is C18H16BrN3O3. The molecule has 0 unspecified atom stereocenters. The summed E-state index contributed by atoms with van der Waals surface area (Å²) >= 11 is 3.37. The largest absolute Gasteiger partial charge is 0.493 e. The molecule has 6 nitrogen and oxygen atoms in total. The minimum Gasteiger partial charge on any atom is -0.493 e. The second kappa shape index (κ2) is 7.40. The lowest BCUT2D eigenvalue weighted by molar-refractivity contribution is 0.102.